The Balaban J connectivity index is 0.00000272. The third-order valence-corrected chi connectivity index (χ3v) is 7.06. The predicted octanol–water partition coefficient (Wildman–Crippen LogP) is 5.95. The minimum atomic E-state index is -0.405. The van der Waals surface area contributed by atoms with E-state index in [0.717, 1.165) is 16.2 Å². The zero-order chi connectivity index (χ0) is 21.5. The molecule has 1 fully saturated rings. The van der Waals surface area contributed by atoms with Crippen molar-refractivity contribution in [2.75, 3.05) is 0 Å². The fourth-order valence-corrected chi connectivity index (χ4v) is 5.16. The smallest absolute Gasteiger partial charge is 0.230 e. The van der Waals surface area contributed by atoms with Crippen LogP contribution in [0, 0.1) is 22.6 Å². The van der Waals surface area contributed by atoms with Crippen molar-refractivity contribution in [1.29, 1.82) is 5.41 Å². The zero-order valence-corrected chi connectivity index (χ0v) is 18.1. The van der Waals surface area contributed by atoms with Crippen molar-refractivity contribution < 1.29 is 10.6 Å². The molecular formula is C25H27FN2OS. The van der Waals surface area contributed by atoms with Crippen LogP contribution in [0.3, 0.4) is 0 Å². The van der Waals surface area contributed by atoms with Crippen molar-refractivity contribution in [3.8, 4) is 0 Å². The summed E-state index contributed by atoms with van der Waals surface area (Å²) in [5.74, 6) is -0.0694. The number of allylic oxidation sites excluding steroid dienone is 2. The first-order valence-electron chi connectivity index (χ1n) is 10.1. The number of hydrogen-bond donors (Lipinski definition) is 2. The van der Waals surface area contributed by atoms with Crippen molar-refractivity contribution in [3.63, 3.8) is 0 Å². The average molecular weight is 423 g/mol. The molecule has 2 unspecified atom stereocenters. The second-order valence-corrected chi connectivity index (χ2v) is 9.34. The van der Waals surface area contributed by atoms with Crippen LogP contribution < -0.4 is 5.32 Å². The highest BCUT2D eigenvalue weighted by Gasteiger charge is 2.60. The predicted molar refractivity (Wildman–Crippen MR) is 122 cm³/mol. The maximum atomic E-state index is 14.2. The van der Waals surface area contributed by atoms with Crippen LogP contribution in [0.25, 0.3) is 0 Å². The van der Waals surface area contributed by atoms with Gasteiger partial charge < -0.3 is 5.32 Å². The van der Waals surface area contributed by atoms with E-state index in [-0.39, 0.29) is 25.0 Å². The number of hydrogen-bond acceptors (Lipinski definition) is 3. The van der Waals surface area contributed by atoms with E-state index in [9.17, 15) is 9.18 Å². The molecule has 2 atom stereocenters. The van der Waals surface area contributed by atoms with Gasteiger partial charge >= 0.3 is 0 Å². The van der Waals surface area contributed by atoms with E-state index in [4.69, 9.17) is 5.41 Å². The van der Waals surface area contributed by atoms with E-state index in [1.54, 1.807) is 30.0 Å². The van der Waals surface area contributed by atoms with E-state index in [2.05, 4.69) is 12.2 Å². The zero-order valence-electron chi connectivity index (χ0n) is 17.3. The van der Waals surface area contributed by atoms with Crippen molar-refractivity contribution in [1.82, 2.24) is 5.32 Å². The molecule has 0 saturated heterocycles. The Morgan fingerprint density at radius 3 is 2.57 bits per heavy atom. The average Bonchev–Trinajstić information content (AvgIpc) is 3.47. The first-order chi connectivity index (χ1) is 14.3. The fraction of sp³-hybridized carbons (Fsp3) is 0.280. The van der Waals surface area contributed by atoms with Gasteiger partial charge in [0, 0.05) is 34.3 Å². The summed E-state index contributed by atoms with van der Waals surface area (Å²) in [5.41, 5.74) is 1.96. The summed E-state index contributed by atoms with van der Waals surface area (Å²) in [6.07, 6.45) is 4.91. The Bertz CT molecular complexity index is 1090. The van der Waals surface area contributed by atoms with Crippen LogP contribution in [0.2, 0.25) is 0 Å². The fourth-order valence-electron chi connectivity index (χ4n) is 4.06. The second kappa shape index (κ2) is 7.88. The molecule has 0 spiro atoms. The van der Waals surface area contributed by atoms with Crippen LogP contribution in [-0.4, -0.2) is 17.7 Å². The molecule has 0 bridgehead atoms. The van der Waals surface area contributed by atoms with Crippen LogP contribution in [-0.2, 0) is 4.79 Å². The lowest BCUT2D eigenvalue weighted by Crippen LogP contribution is -2.37. The highest BCUT2D eigenvalue weighted by Crippen LogP contribution is 2.62. The molecule has 2 aromatic carbocycles. The summed E-state index contributed by atoms with van der Waals surface area (Å²) < 4.78 is 14.2. The van der Waals surface area contributed by atoms with Crippen molar-refractivity contribution in [2.24, 2.45) is 11.3 Å². The van der Waals surface area contributed by atoms with Crippen LogP contribution in [0.15, 0.2) is 76.1 Å². The third kappa shape index (κ3) is 3.63. The van der Waals surface area contributed by atoms with Crippen LogP contribution in [0.5, 0.6) is 0 Å². The molecule has 2 aromatic rings. The summed E-state index contributed by atoms with van der Waals surface area (Å²) in [6, 6.07) is 14.1. The van der Waals surface area contributed by atoms with Gasteiger partial charge in [-0.1, -0.05) is 59.8 Å². The standard InChI is InChI=1S/C25H25FN2OS.H2/c1-15(2)28-24(29)25-13-12-21(16(3)19(25)14-25)30-22-11-7-5-9-18(22)23(27)17-8-4-6-10-20(17)26;/h4-13,15,19,27H,14H2,1-3H3,(H,28,29);1H. The van der Waals surface area contributed by atoms with E-state index < -0.39 is 11.2 Å². The minimum absolute atomic E-state index is 0. The summed E-state index contributed by atoms with van der Waals surface area (Å²) in [4.78, 5) is 14.7. The first-order valence-corrected chi connectivity index (χ1v) is 11.0. The Morgan fingerprint density at radius 1 is 1.20 bits per heavy atom. The molecule has 0 heterocycles. The number of halogens is 1. The Morgan fingerprint density at radius 2 is 1.87 bits per heavy atom. The number of nitrogens with one attached hydrogen (secondary N) is 2. The largest absolute Gasteiger partial charge is 0.353 e. The van der Waals surface area contributed by atoms with Gasteiger partial charge in [0.05, 0.1) is 11.1 Å². The quantitative estimate of drug-likeness (QED) is 0.565. The Hall–Kier alpha value is -2.66. The molecule has 2 aliphatic carbocycles. The van der Waals surface area contributed by atoms with Gasteiger partial charge in [0.1, 0.15) is 5.82 Å². The molecule has 1 amide bonds. The van der Waals surface area contributed by atoms with Crippen LogP contribution in [0.4, 0.5) is 4.39 Å². The SMILES string of the molecule is CC1=C(Sc2ccccc2C(=N)c2ccccc2F)C=CC2(C(=O)NC(C)C)CC12.[HH]. The normalized spacial score (nSPS) is 22.1. The molecule has 3 nitrogen and oxygen atoms in total. The number of carbonyl (C=O) groups excluding carboxylic acids is 1. The lowest BCUT2D eigenvalue weighted by Gasteiger charge is -2.21. The molecule has 30 heavy (non-hydrogen) atoms. The highest BCUT2D eigenvalue weighted by molar-refractivity contribution is 8.03. The minimum Gasteiger partial charge on any atom is -0.353 e. The van der Waals surface area contributed by atoms with E-state index in [1.165, 1.54) is 11.6 Å². The van der Waals surface area contributed by atoms with Crippen LogP contribution in [0.1, 0.15) is 39.7 Å². The highest BCUT2D eigenvalue weighted by atomic mass is 32.2. The molecule has 2 N–H and O–H groups in total. The Kier molecular flexibility index (Phi) is 5.41. The topological polar surface area (TPSA) is 53.0 Å². The maximum Gasteiger partial charge on any atom is 0.230 e. The molecule has 0 radical (unpaired) electrons. The summed E-state index contributed by atoms with van der Waals surface area (Å²) in [5, 5.41) is 11.6. The second-order valence-electron chi connectivity index (χ2n) is 8.26. The molecular weight excluding hydrogens is 395 g/mol. The Labute approximate surface area is 182 Å². The van der Waals surface area contributed by atoms with E-state index in [1.807, 2.05) is 50.3 Å². The van der Waals surface area contributed by atoms with Crippen molar-refractivity contribution in [2.45, 2.75) is 38.1 Å². The van der Waals surface area contributed by atoms with Gasteiger partial charge in [-0.3, -0.25) is 10.2 Å². The van der Waals surface area contributed by atoms with Gasteiger partial charge in [-0.25, -0.2) is 4.39 Å². The van der Waals surface area contributed by atoms with Gasteiger partial charge in [0.2, 0.25) is 5.91 Å². The lowest BCUT2D eigenvalue weighted by atomic mass is 9.93. The molecule has 1 saturated carbocycles. The lowest BCUT2D eigenvalue weighted by molar-refractivity contribution is -0.125. The third-order valence-electron chi connectivity index (χ3n) is 5.81. The van der Waals surface area contributed by atoms with E-state index >= 15 is 0 Å². The summed E-state index contributed by atoms with van der Waals surface area (Å²) in [7, 11) is 0. The van der Waals surface area contributed by atoms with Gasteiger partial charge in [-0.15, -0.1) is 0 Å². The van der Waals surface area contributed by atoms with E-state index in [0.29, 0.717) is 11.1 Å². The molecule has 2 aliphatic rings. The van der Waals surface area contributed by atoms with Gasteiger partial charge in [-0.2, -0.15) is 0 Å². The number of thioether (sulfide) groups is 1. The molecule has 5 heteroatoms. The van der Waals surface area contributed by atoms with Crippen molar-refractivity contribution >= 4 is 23.4 Å². The van der Waals surface area contributed by atoms with Gasteiger partial charge in [0.15, 0.2) is 0 Å². The van der Waals surface area contributed by atoms with Crippen molar-refractivity contribution in [3.05, 3.63) is 88.1 Å². The van der Waals surface area contributed by atoms with Gasteiger partial charge in [-0.05, 0) is 45.4 Å². The van der Waals surface area contributed by atoms with Gasteiger partial charge in [0.25, 0.3) is 0 Å². The number of amides is 1. The summed E-state index contributed by atoms with van der Waals surface area (Å²) >= 11 is 1.58. The molecule has 0 aromatic heterocycles. The van der Waals surface area contributed by atoms with Crippen LogP contribution >= 0.6 is 11.8 Å². The number of carbonyl (C=O) groups is 1. The maximum absolute atomic E-state index is 14.2. The molecule has 4 rings (SSSR count). The number of rotatable bonds is 6. The summed E-state index contributed by atoms with van der Waals surface area (Å²) in [6.45, 7) is 6.04. The number of fused-ring (bicyclic) bond motifs is 1. The first kappa shape index (κ1) is 20.6. The molecule has 156 valence electrons. The molecule has 0 aliphatic heterocycles. The number of benzene rings is 2. The monoisotopic (exact) mass is 422 g/mol.